The number of amides is 1. The molecule has 1 aliphatic carbocycles. The number of aliphatic hydroxyl groups excluding tert-OH is 1. The molecule has 4 N–H and O–H groups in total. The van der Waals surface area contributed by atoms with Gasteiger partial charge in [-0.3, -0.25) is 4.79 Å². The molecule has 2 rings (SSSR count). The highest BCUT2D eigenvalue weighted by molar-refractivity contribution is 7.18. The van der Waals surface area contributed by atoms with Crippen molar-refractivity contribution >= 4 is 28.2 Å². The molecule has 1 aliphatic rings. The number of nitrogens with one attached hydrogen (secondary N) is 1. The predicted octanol–water partition coefficient (Wildman–Crippen LogP) is 1.46. The normalized spacial score (nSPS) is 15.8. The molecule has 1 heterocycles. The van der Waals surface area contributed by atoms with Crippen LogP contribution in [0.15, 0.2) is 0 Å². The average molecular weight is 312 g/mol. The number of hydrogen-bond donors (Lipinski definition) is 3. The van der Waals surface area contributed by atoms with Gasteiger partial charge in [0.05, 0.1) is 0 Å². The number of anilines is 2. The van der Waals surface area contributed by atoms with Crippen molar-refractivity contribution in [1.29, 1.82) is 0 Å². The molecule has 118 valence electrons. The second-order valence-corrected chi connectivity index (χ2v) is 6.77. The second kappa shape index (κ2) is 6.62. The van der Waals surface area contributed by atoms with Crippen LogP contribution in [0.5, 0.6) is 0 Å². The van der Waals surface area contributed by atoms with E-state index in [9.17, 15) is 4.79 Å². The largest absolute Gasteiger partial charge is 0.396 e. The molecule has 0 aliphatic heterocycles. The minimum atomic E-state index is -0.162. The Balaban J connectivity index is 1.96. The van der Waals surface area contributed by atoms with Crippen LogP contribution in [-0.2, 0) is 0 Å². The Bertz CT molecular complexity index is 499. The smallest absolute Gasteiger partial charge is 0.265 e. The fourth-order valence-electron chi connectivity index (χ4n) is 2.35. The molecular formula is C14H24N4O2S. The first-order chi connectivity index (χ1) is 10.0. The zero-order valence-corrected chi connectivity index (χ0v) is 13.5. The van der Waals surface area contributed by atoms with Crippen molar-refractivity contribution in [3.8, 4) is 0 Å². The molecule has 0 unspecified atom stereocenters. The SMILES string of the molecule is CCCN(C)c1nc(N)c(C(=O)NCC2(CCO)CC2)s1. The molecule has 7 heteroatoms. The van der Waals surface area contributed by atoms with Gasteiger partial charge in [-0.25, -0.2) is 4.98 Å². The van der Waals surface area contributed by atoms with Crippen molar-refractivity contribution in [3.05, 3.63) is 4.88 Å². The molecule has 0 saturated heterocycles. The minimum Gasteiger partial charge on any atom is -0.396 e. The Morgan fingerprint density at radius 2 is 2.29 bits per heavy atom. The number of carbonyl (C=O) groups is 1. The van der Waals surface area contributed by atoms with E-state index in [1.165, 1.54) is 11.3 Å². The Hall–Kier alpha value is -1.34. The van der Waals surface area contributed by atoms with Crippen molar-refractivity contribution in [3.63, 3.8) is 0 Å². The summed E-state index contributed by atoms with van der Waals surface area (Å²) in [6.45, 7) is 3.75. The van der Waals surface area contributed by atoms with Crippen molar-refractivity contribution in [1.82, 2.24) is 10.3 Å². The first kappa shape index (κ1) is 16.0. The van der Waals surface area contributed by atoms with Crippen LogP contribution in [0.25, 0.3) is 0 Å². The molecule has 6 nitrogen and oxygen atoms in total. The number of aromatic nitrogens is 1. The van der Waals surface area contributed by atoms with E-state index in [1.807, 2.05) is 11.9 Å². The summed E-state index contributed by atoms with van der Waals surface area (Å²) in [5.74, 6) is 0.132. The average Bonchev–Trinajstić information content (AvgIpc) is 3.10. The maximum absolute atomic E-state index is 12.2. The van der Waals surface area contributed by atoms with Gasteiger partial charge in [-0.05, 0) is 31.1 Å². The van der Waals surface area contributed by atoms with E-state index in [1.54, 1.807) is 0 Å². The third-order valence-corrected chi connectivity index (χ3v) is 5.14. The summed E-state index contributed by atoms with van der Waals surface area (Å²) in [6, 6.07) is 0. The van der Waals surface area contributed by atoms with Gasteiger partial charge >= 0.3 is 0 Å². The van der Waals surface area contributed by atoms with Crippen molar-refractivity contribution in [2.75, 3.05) is 37.4 Å². The zero-order chi connectivity index (χ0) is 15.5. The number of nitrogens with zero attached hydrogens (tertiary/aromatic N) is 2. The Morgan fingerprint density at radius 3 is 2.86 bits per heavy atom. The molecule has 1 aromatic heterocycles. The van der Waals surface area contributed by atoms with Gasteiger partial charge in [-0.1, -0.05) is 18.3 Å². The lowest BCUT2D eigenvalue weighted by molar-refractivity contribution is 0.0945. The number of thiazole rings is 1. The maximum Gasteiger partial charge on any atom is 0.265 e. The highest BCUT2D eigenvalue weighted by Gasteiger charge is 2.42. The lowest BCUT2D eigenvalue weighted by Crippen LogP contribution is -2.30. The first-order valence-electron chi connectivity index (χ1n) is 7.38. The van der Waals surface area contributed by atoms with Crippen LogP contribution in [0.2, 0.25) is 0 Å². The van der Waals surface area contributed by atoms with Gasteiger partial charge in [0.1, 0.15) is 10.7 Å². The molecule has 0 spiro atoms. The molecule has 0 bridgehead atoms. The van der Waals surface area contributed by atoms with Gasteiger partial charge in [0.15, 0.2) is 5.13 Å². The summed E-state index contributed by atoms with van der Waals surface area (Å²) in [6.07, 6.45) is 3.89. The van der Waals surface area contributed by atoms with E-state index in [4.69, 9.17) is 10.8 Å². The topological polar surface area (TPSA) is 91.5 Å². The van der Waals surface area contributed by atoms with Gasteiger partial charge in [0, 0.05) is 26.7 Å². The van der Waals surface area contributed by atoms with Crippen LogP contribution in [0.3, 0.4) is 0 Å². The monoisotopic (exact) mass is 312 g/mol. The Morgan fingerprint density at radius 1 is 1.57 bits per heavy atom. The number of rotatable bonds is 8. The van der Waals surface area contributed by atoms with Crippen LogP contribution >= 0.6 is 11.3 Å². The third kappa shape index (κ3) is 3.85. The highest BCUT2D eigenvalue weighted by atomic mass is 32.1. The van der Waals surface area contributed by atoms with Crippen LogP contribution in [0.4, 0.5) is 10.9 Å². The van der Waals surface area contributed by atoms with Gasteiger partial charge in [-0.15, -0.1) is 0 Å². The van der Waals surface area contributed by atoms with Crippen LogP contribution < -0.4 is 16.0 Å². The fraction of sp³-hybridized carbons (Fsp3) is 0.714. The number of carbonyl (C=O) groups excluding carboxylic acids is 1. The molecule has 1 saturated carbocycles. The lowest BCUT2D eigenvalue weighted by Gasteiger charge is -2.14. The number of hydrogen-bond acceptors (Lipinski definition) is 6. The van der Waals surface area contributed by atoms with E-state index in [-0.39, 0.29) is 17.9 Å². The quantitative estimate of drug-likeness (QED) is 0.676. The molecular weight excluding hydrogens is 288 g/mol. The molecule has 1 amide bonds. The minimum absolute atomic E-state index is 0.103. The summed E-state index contributed by atoms with van der Waals surface area (Å²) < 4.78 is 0. The third-order valence-electron chi connectivity index (χ3n) is 3.96. The van der Waals surface area contributed by atoms with Crippen molar-refractivity contribution in [2.24, 2.45) is 5.41 Å². The van der Waals surface area contributed by atoms with Crippen molar-refractivity contribution in [2.45, 2.75) is 32.6 Å². The summed E-state index contributed by atoms with van der Waals surface area (Å²) in [4.78, 5) is 19.0. The van der Waals surface area contributed by atoms with Crippen LogP contribution in [-0.4, -0.2) is 42.7 Å². The molecule has 0 radical (unpaired) electrons. The van der Waals surface area contributed by atoms with E-state index < -0.39 is 0 Å². The number of nitrogens with two attached hydrogens (primary N) is 1. The molecule has 1 aromatic rings. The van der Waals surface area contributed by atoms with E-state index in [2.05, 4.69) is 17.2 Å². The second-order valence-electron chi connectivity index (χ2n) is 5.79. The van der Waals surface area contributed by atoms with Gasteiger partial charge in [-0.2, -0.15) is 0 Å². The summed E-state index contributed by atoms with van der Waals surface area (Å²) in [5, 5.41) is 12.7. The number of nitrogen functional groups attached to an aromatic ring is 1. The number of aliphatic hydroxyl groups is 1. The molecule has 0 atom stereocenters. The van der Waals surface area contributed by atoms with E-state index in [0.29, 0.717) is 17.2 Å². The van der Waals surface area contributed by atoms with E-state index >= 15 is 0 Å². The Kier molecular flexibility index (Phi) is 5.05. The van der Waals surface area contributed by atoms with Crippen molar-refractivity contribution < 1.29 is 9.90 Å². The summed E-state index contributed by atoms with van der Waals surface area (Å²) >= 11 is 1.33. The fourth-order valence-corrected chi connectivity index (χ4v) is 3.24. The lowest BCUT2D eigenvalue weighted by atomic mass is 10.0. The van der Waals surface area contributed by atoms with E-state index in [0.717, 1.165) is 37.4 Å². The summed E-state index contributed by atoms with van der Waals surface area (Å²) in [5.41, 5.74) is 5.96. The summed E-state index contributed by atoms with van der Waals surface area (Å²) in [7, 11) is 1.95. The van der Waals surface area contributed by atoms with Gasteiger partial charge in [0.25, 0.3) is 5.91 Å². The molecule has 21 heavy (non-hydrogen) atoms. The first-order valence-corrected chi connectivity index (χ1v) is 8.19. The maximum atomic E-state index is 12.2. The standard InChI is InChI=1S/C14H24N4O2S/c1-3-7-18(2)13-17-11(15)10(21-13)12(20)16-9-14(4-5-14)6-8-19/h19H,3-9,15H2,1-2H3,(H,16,20). The predicted molar refractivity (Wildman–Crippen MR) is 85.8 cm³/mol. The Labute approximate surface area is 129 Å². The van der Waals surface area contributed by atoms with Gasteiger partial charge in [0.2, 0.25) is 0 Å². The van der Waals surface area contributed by atoms with Gasteiger partial charge < -0.3 is 21.1 Å². The molecule has 1 fully saturated rings. The zero-order valence-electron chi connectivity index (χ0n) is 12.7. The highest BCUT2D eigenvalue weighted by Crippen LogP contribution is 2.48. The van der Waals surface area contributed by atoms with Crippen LogP contribution in [0.1, 0.15) is 42.3 Å². The van der Waals surface area contributed by atoms with Crippen LogP contribution in [0, 0.1) is 5.41 Å². The molecule has 0 aromatic carbocycles.